The van der Waals surface area contributed by atoms with Gasteiger partial charge in [-0.25, -0.2) is 0 Å². The normalized spacial score (nSPS) is 24.3. The summed E-state index contributed by atoms with van der Waals surface area (Å²) in [6.07, 6.45) is 1.27. The molecule has 1 aliphatic rings. The highest BCUT2D eigenvalue weighted by molar-refractivity contribution is 9.11. The summed E-state index contributed by atoms with van der Waals surface area (Å²) in [5.41, 5.74) is 0. The molecule has 0 spiro atoms. The fourth-order valence-corrected chi connectivity index (χ4v) is 3.72. The summed E-state index contributed by atoms with van der Waals surface area (Å²) in [6.45, 7) is 0. The molecule has 0 radical (unpaired) electrons. The van der Waals surface area contributed by atoms with Gasteiger partial charge in [-0.2, -0.15) is 11.8 Å². The Labute approximate surface area is 81.9 Å². The lowest BCUT2D eigenvalue weighted by Gasteiger charge is -1.99. The third-order valence-corrected chi connectivity index (χ3v) is 4.38. The molecule has 0 saturated carbocycles. The van der Waals surface area contributed by atoms with E-state index < -0.39 is 0 Å². The van der Waals surface area contributed by atoms with E-state index in [1.165, 1.54) is 22.9 Å². The highest BCUT2D eigenvalue weighted by atomic mass is 79.9. The monoisotopic (exact) mass is 250 g/mol. The summed E-state index contributed by atoms with van der Waals surface area (Å²) in [6, 6.07) is 0. The first-order valence-electron chi connectivity index (χ1n) is 3.43. The first-order chi connectivity index (χ1) is 5.36. The van der Waals surface area contributed by atoms with E-state index in [1.807, 2.05) is 11.8 Å². The molecule has 1 aliphatic heterocycles. The Morgan fingerprint density at radius 1 is 1.45 bits per heavy atom. The lowest BCUT2D eigenvalue weighted by atomic mass is 10.1. The Morgan fingerprint density at radius 2 is 2.36 bits per heavy atom. The van der Waals surface area contributed by atoms with Crippen LogP contribution in [0.3, 0.4) is 0 Å². The number of hydrogen-bond donors (Lipinski definition) is 0. The SMILES string of the molecule is Brc1nnc(C2CCSC2)s1. The summed E-state index contributed by atoms with van der Waals surface area (Å²) in [7, 11) is 0. The molecule has 0 N–H and O–H groups in total. The first kappa shape index (κ1) is 8.01. The van der Waals surface area contributed by atoms with Crippen molar-refractivity contribution in [2.45, 2.75) is 12.3 Å². The second kappa shape index (κ2) is 3.41. The van der Waals surface area contributed by atoms with Crippen molar-refractivity contribution in [3.05, 3.63) is 8.92 Å². The van der Waals surface area contributed by atoms with Gasteiger partial charge in [-0.3, -0.25) is 0 Å². The zero-order valence-corrected chi connectivity index (χ0v) is 9.01. The number of hydrogen-bond acceptors (Lipinski definition) is 4. The predicted molar refractivity (Wildman–Crippen MR) is 52.3 cm³/mol. The van der Waals surface area contributed by atoms with E-state index in [2.05, 4.69) is 26.1 Å². The van der Waals surface area contributed by atoms with Gasteiger partial charge in [0.2, 0.25) is 0 Å². The van der Waals surface area contributed by atoms with Crippen LogP contribution in [0, 0.1) is 0 Å². The molecule has 1 aromatic rings. The predicted octanol–water partition coefficient (Wildman–Crippen LogP) is 2.52. The highest BCUT2D eigenvalue weighted by Crippen LogP contribution is 2.34. The van der Waals surface area contributed by atoms with Crippen LogP contribution in [0.5, 0.6) is 0 Å². The van der Waals surface area contributed by atoms with Crippen molar-refractivity contribution in [1.29, 1.82) is 0 Å². The van der Waals surface area contributed by atoms with E-state index in [0.29, 0.717) is 5.92 Å². The van der Waals surface area contributed by atoms with Crippen molar-refractivity contribution in [3.63, 3.8) is 0 Å². The van der Waals surface area contributed by atoms with Crippen molar-refractivity contribution >= 4 is 39.0 Å². The van der Waals surface area contributed by atoms with Crippen LogP contribution in [0.25, 0.3) is 0 Å². The maximum absolute atomic E-state index is 4.11. The molecule has 0 amide bonds. The highest BCUT2D eigenvalue weighted by Gasteiger charge is 2.20. The van der Waals surface area contributed by atoms with E-state index in [4.69, 9.17) is 0 Å². The molecular formula is C6H7BrN2S2. The van der Waals surface area contributed by atoms with E-state index in [9.17, 15) is 0 Å². The minimum atomic E-state index is 0.670. The fraction of sp³-hybridized carbons (Fsp3) is 0.667. The quantitative estimate of drug-likeness (QED) is 0.767. The molecule has 2 rings (SSSR count). The number of rotatable bonds is 1. The molecule has 1 fully saturated rings. The topological polar surface area (TPSA) is 25.8 Å². The van der Waals surface area contributed by atoms with Crippen molar-refractivity contribution < 1.29 is 0 Å². The van der Waals surface area contributed by atoms with Crippen LogP contribution in [0.15, 0.2) is 3.92 Å². The summed E-state index contributed by atoms with van der Waals surface area (Å²) >= 11 is 6.99. The molecule has 1 unspecified atom stereocenters. The van der Waals surface area contributed by atoms with Gasteiger partial charge in [0.05, 0.1) is 0 Å². The largest absolute Gasteiger partial charge is 0.183 e. The Balaban J connectivity index is 2.15. The molecule has 2 nitrogen and oxygen atoms in total. The Hall–Kier alpha value is 0.390. The van der Waals surface area contributed by atoms with Crippen LogP contribution in [0.1, 0.15) is 17.3 Å². The molecule has 1 atom stereocenters. The van der Waals surface area contributed by atoms with E-state index in [1.54, 1.807) is 11.3 Å². The van der Waals surface area contributed by atoms with Gasteiger partial charge in [-0.15, -0.1) is 10.2 Å². The zero-order valence-electron chi connectivity index (χ0n) is 5.79. The maximum atomic E-state index is 4.11. The molecule has 60 valence electrons. The second-order valence-electron chi connectivity index (χ2n) is 2.45. The van der Waals surface area contributed by atoms with E-state index in [-0.39, 0.29) is 0 Å². The molecule has 5 heteroatoms. The summed E-state index contributed by atoms with van der Waals surface area (Å²) in [5.74, 6) is 3.17. The van der Waals surface area contributed by atoms with E-state index in [0.717, 1.165) is 3.92 Å². The summed E-state index contributed by atoms with van der Waals surface area (Å²) in [4.78, 5) is 0. The van der Waals surface area contributed by atoms with Crippen LogP contribution in [0.2, 0.25) is 0 Å². The molecule has 0 aliphatic carbocycles. The average molecular weight is 251 g/mol. The van der Waals surface area contributed by atoms with Crippen LogP contribution in [-0.4, -0.2) is 21.7 Å². The van der Waals surface area contributed by atoms with Gasteiger partial charge in [0.25, 0.3) is 0 Å². The third-order valence-electron chi connectivity index (χ3n) is 1.69. The van der Waals surface area contributed by atoms with E-state index >= 15 is 0 Å². The van der Waals surface area contributed by atoms with Gasteiger partial charge >= 0.3 is 0 Å². The molecule has 0 bridgehead atoms. The van der Waals surface area contributed by atoms with Gasteiger partial charge in [0.1, 0.15) is 5.01 Å². The minimum Gasteiger partial charge on any atom is -0.161 e. The Bertz CT molecular complexity index is 244. The van der Waals surface area contributed by atoms with Gasteiger partial charge < -0.3 is 0 Å². The van der Waals surface area contributed by atoms with Gasteiger partial charge in [-0.05, 0) is 28.1 Å². The lowest BCUT2D eigenvalue weighted by Crippen LogP contribution is -1.94. The number of nitrogens with zero attached hydrogens (tertiary/aromatic N) is 2. The maximum Gasteiger partial charge on any atom is 0.183 e. The van der Waals surface area contributed by atoms with Crippen molar-refractivity contribution in [2.24, 2.45) is 0 Å². The first-order valence-corrected chi connectivity index (χ1v) is 6.19. The zero-order chi connectivity index (χ0) is 7.68. The van der Waals surface area contributed by atoms with Crippen LogP contribution in [-0.2, 0) is 0 Å². The van der Waals surface area contributed by atoms with Gasteiger partial charge in [0.15, 0.2) is 3.92 Å². The second-order valence-corrected chi connectivity index (χ2v) is 5.89. The van der Waals surface area contributed by atoms with Gasteiger partial charge in [0, 0.05) is 11.7 Å². The molecule has 2 heterocycles. The number of halogens is 1. The van der Waals surface area contributed by atoms with Crippen LogP contribution < -0.4 is 0 Å². The Morgan fingerprint density at radius 3 is 2.91 bits per heavy atom. The number of aromatic nitrogens is 2. The minimum absolute atomic E-state index is 0.670. The number of thioether (sulfide) groups is 1. The average Bonchev–Trinajstić information content (AvgIpc) is 2.55. The summed E-state index contributed by atoms with van der Waals surface area (Å²) in [5, 5.41) is 9.24. The van der Waals surface area contributed by atoms with Crippen LogP contribution in [0.4, 0.5) is 0 Å². The van der Waals surface area contributed by atoms with Crippen molar-refractivity contribution in [2.75, 3.05) is 11.5 Å². The molecule has 0 aromatic carbocycles. The third kappa shape index (κ3) is 1.76. The molecule has 1 aromatic heterocycles. The van der Waals surface area contributed by atoms with Crippen LogP contribution >= 0.6 is 39.0 Å². The molecule has 11 heavy (non-hydrogen) atoms. The van der Waals surface area contributed by atoms with Crippen molar-refractivity contribution in [1.82, 2.24) is 10.2 Å². The molecule has 1 saturated heterocycles. The van der Waals surface area contributed by atoms with Crippen molar-refractivity contribution in [3.8, 4) is 0 Å². The smallest absolute Gasteiger partial charge is 0.161 e. The standard InChI is InChI=1S/C6H7BrN2S2/c7-6-9-8-5(11-6)4-1-2-10-3-4/h4H,1-3H2. The summed E-state index contributed by atoms with van der Waals surface area (Å²) < 4.78 is 0.907. The fourth-order valence-electron chi connectivity index (χ4n) is 1.11. The Kier molecular flexibility index (Phi) is 2.48. The lowest BCUT2D eigenvalue weighted by molar-refractivity contribution is 0.757. The van der Waals surface area contributed by atoms with Gasteiger partial charge in [-0.1, -0.05) is 11.3 Å². The molecular weight excluding hydrogens is 244 g/mol.